The zero-order valence-electron chi connectivity index (χ0n) is 15.2. The van der Waals surface area contributed by atoms with Crippen LogP contribution in [0.2, 0.25) is 0 Å². The predicted octanol–water partition coefficient (Wildman–Crippen LogP) is 3.23. The predicted molar refractivity (Wildman–Crippen MR) is 97.7 cm³/mol. The summed E-state index contributed by atoms with van der Waals surface area (Å²) < 4.78 is 5.65. The van der Waals surface area contributed by atoms with Crippen molar-refractivity contribution < 1.29 is 14.3 Å². The molecule has 1 saturated heterocycles. The van der Waals surface area contributed by atoms with Gasteiger partial charge in [0.05, 0.1) is 18.2 Å². The van der Waals surface area contributed by atoms with E-state index in [0.717, 1.165) is 18.5 Å². The zero-order chi connectivity index (χ0) is 17.8. The highest BCUT2D eigenvalue weighted by Crippen LogP contribution is 2.34. The summed E-state index contributed by atoms with van der Waals surface area (Å²) in [5, 5.41) is 0. The van der Waals surface area contributed by atoms with E-state index in [2.05, 4.69) is 0 Å². The van der Waals surface area contributed by atoms with Crippen LogP contribution in [0.1, 0.15) is 45.4 Å². The third-order valence-electron chi connectivity index (χ3n) is 5.40. The Morgan fingerprint density at radius 3 is 2.68 bits per heavy atom. The van der Waals surface area contributed by atoms with E-state index in [1.165, 1.54) is 19.3 Å². The maximum absolute atomic E-state index is 12.9. The van der Waals surface area contributed by atoms with Gasteiger partial charge >= 0.3 is 0 Å². The second kappa shape index (κ2) is 7.89. The maximum Gasteiger partial charge on any atom is 0.228 e. The van der Waals surface area contributed by atoms with E-state index in [4.69, 9.17) is 4.74 Å². The number of hydrogen-bond donors (Lipinski definition) is 0. The number of ether oxygens (including phenoxy) is 1. The lowest BCUT2D eigenvalue weighted by atomic mass is 9.93. The highest BCUT2D eigenvalue weighted by Gasteiger charge is 2.38. The number of carbonyl (C=O) groups excluding carboxylic acids is 2. The van der Waals surface area contributed by atoms with Crippen molar-refractivity contribution >= 4 is 17.5 Å². The van der Waals surface area contributed by atoms with Gasteiger partial charge in [-0.2, -0.15) is 0 Å². The monoisotopic (exact) mass is 344 g/mol. The molecule has 1 aliphatic carbocycles. The van der Waals surface area contributed by atoms with Gasteiger partial charge in [0.15, 0.2) is 0 Å². The van der Waals surface area contributed by atoms with Crippen molar-refractivity contribution in [1.29, 1.82) is 0 Å². The van der Waals surface area contributed by atoms with Crippen molar-refractivity contribution in [3.63, 3.8) is 0 Å². The number of anilines is 1. The largest absolute Gasteiger partial charge is 0.492 e. The SMILES string of the molecule is CCOc1ccccc1N1CC(C(=O)N(C)C2CCCCC2)CC1=O. The van der Waals surface area contributed by atoms with E-state index in [1.807, 2.05) is 43.1 Å². The number of carbonyl (C=O) groups is 2. The average Bonchev–Trinajstić information content (AvgIpc) is 3.03. The second-order valence-electron chi connectivity index (χ2n) is 7.05. The molecule has 25 heavy (non-hydrogen) atoms. The molecule has 2 amide bonds. The third-order valence-corrected chi connectivity index (χ3v) is 5.40. The summed E-state index contributed by atoms with van der Waals surface area (Å²) in [6.07, 6.45) is 6.11. The van der Waals surface area contributed by atoms with Crippen LogP contribution in [0.3, 0.4) is 0 Å². The Labute approximate surface area is 149 Å². The Bertz CT molecular complexity index is 625. The fraction of sp³-hybridized carbons (Fsp3) is 0.600. The lowest BCUT2D eigenvalue weighted by molar-refractivity contribution is -0.137. The molecule has 5 nitrogen and oxygen atoms in total. The van der Waals surface area contributed by atoms with Gasteiger partial charge in [-0.15, -0.1) is 0 Å². The fourth-order valence-corrected chi connectivity index (χ4v) is 4.00. The third kappa shape index (κ3) is 3.80. The highest BCUT2D eigenvalue weighted by molar-refractivity contribution is 6.01. The van der Waals surface area contributed by atoms with Crippen LogP contribution in [0.4, 0.5) is 5.69 Å². The highest BCUT2D eigenvalue weighted by atomic mass is 16.5. The molecule has 1 aromatic rings. The summed E-state index contributed by atoms with van der Waals surface area (Å²) >= 11 is 0. The molecule has 1 heterocycles. The van der Waals surface area contributed by atoms with Gasteiger partial charge in [-0.05, 0) is 31.9 Å². The number of rotatable bonds is 5. The zero-order valence-corrected chi connectivity index (χ0v) is 15.2. The first-order valence-corrected chi connectivity index (χ1v) is 9.40. The minimum Gasteiger partial charge on any atom is -0.492 e. The minimum absolute atomic E-state index is 0.00236. The molecule has 0 spiro atoms. The Balaban J connectivity index is 1.71. The van der Waals surface area contributed by atoms with E-state index >= 15 is 0 Å². The van der Waals surface area contributed by atoms with Crippen LogP contribution < -0.4 is 9.64 Å². The summed E-state index contributed by atoms with van der Waals surface area (Å²) in [5.41, 5.74) is 0.768. The summed E-state index contributed by atoms with van der Waals surface area (Å²) in [7, 11) is 1.90. The molecule has 0 aromatic heterocycles. The Morgan fingerprint density at radius 1 is 1.24 bits per heavy atom. The second-order valence-corrected chi connectivity index (χ2v) is 7.05. The van der Waals surface area contributed by atoms with E-state index in [1.54, 1.807) is 4.90 Å². The molecule has 2 aliphatic rings. The molecule has 0 bridgehead atoms. The molecule has 5 heteroatoms. The van der Waals surface area contributed by atoms with Gasteiger partial charge in [0.2, 0.25) is 11.8 Å². The van der Waals surface area contributed by atoms with Crippen LogP contribution in [0.25, 0.3) is 0 Å². The van der Waals surface area contributed by atoms with Gasteiger partial charge in [-0.25, -0.2) is 0 Å². The smallest absolute Gasteiger partial charge is 0.228 e. The van der Waals surface area contributed by atoms with Gasteiger partial charge in [0.25, 0.3) is 0 Å². The molecule has 2 fully saturated rings. The number of hydrogen-bond acceptors (Lipinski definition) is 3. The number of amides is 2. The first-order valence-electron chi connectivity index (χ1n) is 9.40. The number of nitrogens with zero attached hydrogens (tertiary/aromatic N) is 2. The van der Waals surface area contributed by atoms with Crippen molar-refractivity contribution in [2.45, 2.75) is 51.5 Å². The lowest BCUT2D eigenvalue weighted by Gasteiger charge is -2.32. The van der Waals surface area contributed by atoms with Crippen LogP contribution in [0.15, 0.2) is 24.3 Å². The number of para-hydroxylation sites is 2. The standard InChI is InChI=1S/C20H28N2O3/c1-3-25-18-12-8-7-11-17(18)22-14-15(13-19(22)23)20(24)21(2)16-9-5-4-6-10-16/h7-8,11-12,15-16H,3-6,9-10,13-14H2,1-2H3. The van der Waals surface area contributed by atoms with Crippen molar-refractivity contribution in [3.8, 4) is 5.75 Å². The molecule has 1 aliphatic heterocycles. The molecule has 1 aromatic carbocycles. The molecule has 1 unspecified atom stereocenters. The number of benzene rings is 1. The minimum atomic E-state index is -0.255. The van der Waals surface area contributed by atoms with E-state index < -0.39 is 0 Å². The summed E-state index contributed by atoms with van der Waals surface area (Å²) in [6.45, 7) is 2.92. The van der Waals surface area contributed by atoms with Gasteiger partial charge in [-0.3, -0.25) is 9.59 Å². The molecule has 3 rings (SSSR count). The maximum atomic E-state index is 12.9. The molecule has 1 atom stereocenters. The molecular weight excluding hydrogens is 316 g/mol. The van der Waals surface area contributed by atoms with E-state index in [-0.39, 0.29) is 24.2 Å². The van der Waals surface area contributed by atoms with Crippen LogP contribution >= 0.6 is 0 Å². The molecule has 136 valence electrons. The van der Waals surface area contributed by atoms with E-state index in [9.17, 15) is 9.59 Å². The van der Waals surface area contributed by atoms with Crippen molar-refractivity contribution in [2.75, 3.05) is 25.1 Å². The fourth-order valence-electron chi connectivity index (χ4n) is 4.00. The van der Waals surface area contributed by atoms with Crippen molar-refractivity contribution in [3.05, 3.63) is 24.3 Å². The Morgan fingerprint density at radius 2 is 1.96 bits per heavy atom. The van der Waals surface area contributed by atoms with Crippen LogP contribution in [0, 0.1) is 5.92 Å². The summed E-state index contributed by atoms with van der Waals surface area (Å²) in [4.78, 5) is 29.0. The Hall–Kier alpha value is -2.04. The molecule has 1 saturated carbocycles. The van der Waals surface area contributed by atoms with Crippen LogP contribution in [0.5, 0.6) is 5.75 Å². The van der Waals surface area contributed by atoms with Gasteiger partial charge < -0.3 is 14.5 Å². The summed E-state index contributed by atoms with van der Waals surface area (Å²) in [5.74, 6) is 0.556. The van der Waals surface area contributed by atoms with Crippen molar-refractivity contribution in [1.82, 2.24) is 4.90 Å². The van der Waals surface area contributed by atoms with Crippen LogP contribution in [-0.4, -0.2) is 43.0 Å². The van der Waals surface area contributed by atoms with Gasteiger partial charge in [0, 0.05) is 26.1 Å². The lowest BCUT2D eigenvalue weighted by Crippen LogP contribution is -2.42. The van der Waals surface area contributed by atoms with Crippen LogP contribution in [-0.2, 0) is 9.59 Å². The van der Waals surface area contributed by atoms with Crippen molar-refractivity contribution in [2.24, 2.45) is 5.92 Å². The topological polar surface area (TPSA) is 49.9 Å². The molecule has 0 radical (unpaired) electrons. The molecular formula is C20H28N2O3. The molecule has 0 N–H and O–H groups in total. The van der Waals surface area contributed by atoms with Gasteiger partial charge in [0.1, 0.15) is 5.75 Å². The average molecular weight is 344 g/mol. The Kier molecular flexibility index (Phi) is 5.61. The first-order chi connectivity index (χ1) is 12.1. The first kappa shape index (κ1) is 17.8. The summed E-state index contributed by atoms with van der Waals surface area (Å²) in [6, 6.07) is 7.89. The van der Waals surface area contributed by atoms with Gasteiger partial charge in [-0.1, -0.05) is 31.4 Å². The van der Waals surface area contributed by atoms with E-state index in [0.29, 0.717) is 24.9 Å². The normalized spacial score (nSPS) is 21.4. The quantitative estimate of drug-likeness (QED) is 0.824.